The predicted molar refractivity (Wildman–Crippen MR) is 89.3 cm³/mol. The normalized spacial score (nSPS) is 25.1. The fraction of sp³-hybridized carbons (Fsp3) is 0.700. The summed E-state index contributed by atoms with van der Waals surface area (Å²) < 4.78 is 0. The Bertz CT molecular complexity index is 264. The molecule has 2 aliphatic carbocycles. The second kappa shape index (κ2) is 8.70. The van der Waals surface area contributed by atoms with Crippen molar-refractivity contribution in [1.29, 1.82) is 0 Å². The highest BCUT2D eigenvalue weighted by Gasteiger charge is 2.30. The summed E-state index contributed by atoms with van der Waals surface area (Å²) in [6.07, 6.45) is 23.1. The lowest BCUT2D eigenvalue weighted by atomic mass is 9.69. The largest absolute Gasteiger partial charge is 0.0885 e. The van der Waals surface area contributed by atoms with Gasteiger partial charge in [0.15, 0.2) is 0 Å². The first-order chi connectivity index (χ1) is 9.83. The third-order valence-corrected chi connectivity index (χ3v) is 5.11. The van der Waals surface area contributed by atoms with Crippen LogP contribution in [0.4, 0.5) is 0 Å². The number of rotatable bonds is 5. The van der Waals surface area contributed by atoms with Gasteiger partial charge in [0.2, 0.25) is 0 Å². The van der Waals surface area contributed by atoms with E-state index in [1.807, 2.05) is 5.92 Å². The summed E-state index contributed by atoms with van der Waals surface area (Å²) in [4.78, 5) is 0. The van der Waals surface area contributed by atoms with Gasteiger partial charge in [-0.05, 0) is 87.9 Å². The van der Waals surface area contributed by atoms with Crippen LogP contribution in [-0.4, -0.2) is 0 Å². The average Bonchev–Trinajstić information content (AvgIpc) is 2.52. The average molecular weight is 272 g/mol. The van der Waals surface area contributed by atoms with Crippen LogP contribution in [0.1, 0.15) is 78.1 Å². The molecule has 2 saturated carbocycles. The zero-order chi connectivity index (χ0) is 14.2. The van der Waals surface area contributed by atoms with Crippen LogP contribution in [0.2, 0.25) is 0 Å². The van der Waals surface area contributed by atoms with Crippen molar-refractivity contribution in [2.24, 2.45) is 11.8 Å². The van der Waals surface area contributed by atoms with Gasteiger partial charge >= 0.3 is 0 Å². The molecule has 0 heteroatoms. The molecule has 0 nitrogen and oxygen atoms in total. The van der Waals surface area contributed by atoms with E-state index in [1.165, 1.54) is 64.2 Å². The van der Waals surface area contributed by atoms with Crippen molar-refractivity contribution in [3.05, 3.63) is 36.1 Å². The molecule has 0 amide bonds. The van der Waals surface area contributed by atoms with Crippen LogP contribution in [-0.2, 0) is 0 Å². The van der Waals surface area contributed by atoms with E-state index in [1.54, 1.807) is 5.92 Å². The Morgan fingerprint density at radius 1 is 0.850 bits per heavy atom. The molecule has 0 heterocycles. The lowest BCUT2D eigenvalue weighted by molar-refractivity contribution is 0.320. The third kappa shape index (κ3) is 4.79. The monoisotopic (exact) mass is 272 g/mol. The fourth-order valence-electron chi connectivity index (χ4n) is 3.79. The molecular weight excluding hydrogens is 240 g/mol. The van der Waals surface area contributed by atoms with Crippen molar-refractivity contribution in [3.8, 4) is 0 Å². The number of hydrogen-bond acceptors (Lipinski definition) is 0. The maximum absolute atomic E-state index is 2.47. The Morgan fingerprint density at radius 3 is 2.10 bits per heavy atom. The molecule has 2 aliphatic rings. The van der Waals surface area contributed by atoms with Gasteiger partial charge < -0.3 is 0 Å². The molecule has 0 aromatic heterocycles. The van der Waals surface area contributed by atoms with E-state index in [0.717, 1.165) is 11.8 Å². The molecular formula is C20H32. The molecule has 0 atom stereocenters. The van der Waals surface area contributed by atoms with Crippen LogP contribution < -0.4 is 0 Å². The smallest absolute Gasteiger partial charge is 0.00271 e. The fourth-order valence-corrected chi connectivity index (χ4v) is 3.79. The first kappa shape index (κ1) is 15.9. The highest BCUT2D eigenvalue weighted by molar-refractivity contribution is 5.14. The second-order valence-electron chi connectivity index (χ2n) is 6.58. The summed E-state index contributed by atoms with van der Waals surface area (Å²) in [6.45, 7) is 4.46. The maximum Gasteiger partial charge on any atom is -0.00271 e. The second-order valence-corrected chi connectivity index (χ2v) is 6.58. The van der Waals surface area contributed by atoms with Crippen LogP contribution in [0.15, 0.2) is 24.3 Å². The first-order valence-electron chi connectivity index (χ1n) is 8.86. The molecule has 0 saturated heterocycles. The zero-order valence-electron chi connectivity index (χ0n) is 13.5. The van der Waals surface area contributed by atoms with E-state index in [4.69, 9.17) is 0 Å². The molecule has 0 unspecified atom stereocenters. The van der Waals surface area contributed by atoms with E-state index in [9.17, 15) is 0 Å². The van der Waals surface area contributed by atoms with Crippen LogP contribution in [0, 0.1) is 23.7 Å². The van der Waals surface area contributed by atoms with Crippen LogP contribution in [0.25, 0.3) is 0 Å². The lowest BCUT2D eigenvalue weighted by Crippen LogP contribution is -2.23. The summed E-state index contributed by atoms with van der Waals surface area (Å²) in [5, 5.41) is 0. The third-order valence-electron chi connectivity index (χ3n) is 5.11. The van der Waals surface area contributed by atoms with E-state index in [0.29, 0.717) is 0 Å². The van der Waals surface area contributed by atoms with Gasteiger partial charge in [0.1, 0.15) is 0 Å². The van der Waals surface area contributed by atoms with Gasteiger partial charge in [-0.2, -0.15) is 0 Å². The van der Waals surface area contributed by atoms with E-state index < -0.39 is 0 Å². The van der Waals surface area contributed by atoms with Gasteiger partial charge in [0.25, 0.3) is 0 Å². The molecule has 20 heavy (non-hydrogen) atoms. The molecule has 112 valence electrons. The Morgan fingerprint density at radius 2 is 1.50 bits per heavy atom. The van der Waals surface area contributed by atoms with Crippen molar-refractivity contribution in [2.45, 2.75) is 78.1 Å². The molecule has 0 aliphatic heterocycles. The standard InChI is InChI=1S/C20H32/c1-3-5-7-17-9-13-19(14-10-17)20-15-11-18(12-16-20)8-6-4-2/h5-8,17,20H,3-4,9-16H2,1-2H3. The molecule has 0 aromatic rings. The zero-order valence-corrected chi connectivity index (χ0v) is 13.5. The summed E-state index contributed by atoms with van der Waals surface area (Å²) >= 11 is 0. The minimum atomic E-state index is 0.872. The van der Waals surface area contributed by atoms with Crippen molar-refractivity contribution < 1.29 is 0 Å². The molecule has 0 spiro atoms. The molecule has 2 radical (unpaired) electrons. The van der Waals surface area contributed by atoms with Gasteiger partial charge in [-0.15, -0.1) is 0 Å². The summed E-state index contributed by atoms with van der Waals surface area (Å²) in [5.74, 6) is 5.43. The highest BCUT2D eigenvalue weighted by Crippen LogP contribution is 2.43. The van der Waals surface area contributed by atoms with Crippen molar-refractivity contribution in [1.82, 2.24) is 0 Å². The first-order valence-corrected chi connectivity index (χ1v) is 8.86. The van der Waals surface area contributed by atoms with Gasteiger partial charge in [-0.25, -0.2) is 0 Å². The maximum atomic E-state index is 2.47. The Labute approximate surface area is 126 Å². The topological polar surface area (TPSA) is 0 Å². The van der Waals surface area contributed by atoms with E-state index >= 15 is 0 Å². The van der Waals surface area contributed by atoms with Crippen molar-refractivity contribution >= 4 is 0 Å². The summed E-state index contributed by atoms with van der Waals surface area (Å²) in [6, 6.07) is 0. The summed E-state index contributed by atoms with van der Waals surface area (Å²) in [5.41, 5.74) is 0. The quantitative estimate of drug-likeness (QED) is 0.505. The van der Waals surface area contributed by atoms with Gasteiger partial charge in [0.05, 0.1) is 0 Å². The van der Waals surface area contributed by atoms with Crippen molar-refractivity contribution in [3.63, 3.8) is 0 Å². The highest BCUT2D eigenvalue weighted by atomic mass is 14.3. The molecule has 0 bridgehead atoms. The minimum absolute atomic E-state index is 0.872. The Kier molecular flexibility index (Phi) is 6.90. The van der Waals surface area contributed by atoms with E-state index in [2.05, 4.69) is 38.2 Å². The summed E-state index contributed by atoms with van der Waals surface area (Å²) in [7, 11) is 0. The lowest BCUT2D eigenvalue weighted by Gasteiger charge is -2.36. The molecule has 2 rings (SSSR count). The SMILES string of the molecule is CCC=C[C]1CCC([C]2CCC(C=CCC)CC2)CC1. The molecule has 0 aromatic carbocycles. The Balaban J connectivity index is 1.70. The number of allylic oxidation sites excluding steroid dienone is 4. The van der Waals surface area contributed by atoms with Crippen LogP contribution in [0.3, 0.4) is 0 Å². The number of hydrogen-bond donors (Lipinski definition) is 0. The van der Waals surface area contributed by atoms with Gasteiger partial charge in [-0.1, -0.05) is 38.2 Å². The minimum Gasteiger partial charge on any atom is -0.0885 e. The Hall–Kier alpha value is -0.520. The van der Waals surface area contributed by atoms with E-state index in [-0.39, 0.29) is 0 Å². The van der Waals surface area contributed by atoms with Crippen LogP contribution >= 0.6 is 0 Å². The molecule has 2 fully saturated rings. The van der Waals surface area contributed by atoms with Crippen LogP contribution in [0.5, 0.6) is 0 Å². The molecule has 0 N–H and O–H groups in total. The predicted octanol–water partition coefficient (Wildman–Crippen LogP) is 6.45. The van der Waals surface area contributed by atoms with Gasteiger partial charge in [-0.3, -0.25) is 0 Å². The van der Waals surface area contributed by atoms with Gasteiger partial charge in [0, 0.05) is 0 Å². The van der Waals surface area contributed by atoms with Crippen molar-refractivity contribution in [2.75, 3.05) is 0 Å².